The summed E-state index contributed by atoms with van der Waals surface area (Å²) in [6.45, 7) is 0. The zero-order valence-electron chi connectivity index (χ0n) is 22.3. The topological polar surface area (TPSA) is 52.3 Å². The third-order valence-electron chi connectivity index (χ3n) is 6.83. The van der Waals surface area contributed by atoms with Crippen molar-refractivity contribution >= 4 is 61.2 Å². The first-order chi connectivity index (χ1) is 20.1. The Morgan fingerprint density at radius 3 is 1.51 bits per heavy atom. The highest BCUT2D eigenvalue weighted by Crippen LogP contribution is 2.31. The zero-order chi connectivity index (χ0) is 28.0. The fourth-order valence-electron chi connectivity index (χ4n) is 4.86. The minimum atomic E-state index is 0.705. The van der Waals surface area contributed by atoms with Crippen LogP contribution in [0, 0.1) is 0 Å². The van der Waals surface area contributed by atoms with Crippen molar-refractivity contribution in [1.29, 1.82) is 0 Å². The first-order valence-corrected chi connectivity index (χ1v) is 13.8. The Hall–Kier alpha value is -4.99. The lowest BCUT2D eigenvalue weighted by Crippen LogP contribution is -1.86. The summed E-state index contributed by atoms with van der Waals surface area (Å²) in [6, 6.07) is 48.4. The molecule has 8 aromatic rings. The summed E-state index contributed by atoms with van der Waals surface area (Å²) in [5.41, 5.74) is 12.5. The Morgan fingerprint density at radius 1 is 0.439 bits per heavy atom. The quantitative estimate of drug-likeness (QED) is 0.216. The summed E-state index contributed by atoms with van der Waals surface area (Å²) < 4.78 is 11.6. The van der Waals surface area contributed by atoms with Gasteiger partial charge >= 0.3 is 0 Å². The number of fused-ring (bicyclic) bond motifs is 6. The van der Waals surface area contributed by atoms with E-state index in [1.165, 1.54) is 21.9 Å². The molecule has 2 N–H and O–H groups in total. The largest absolute Gasteiger partial charge is 0.456 e. The molecule has 41 heavy (non-hydrogen) atoms. The predicted octanol–water partition coefficient (Wildman–Crippen LogP) is 10.7. The van der Waals surface area contributed by atoms with Gasteiger partial charge in [-0.05, 0) is 60.0 Å². The van der Waals surface area contributed by atoms with Gasteiger partial charge in [0.15, 0.2) is 0 Å². The van der Waals surface area contributed by atoms with Gasteiger partial charge < -0.3 is 14.6 Å². The van der Waals surface area contributed by atoms with Crippen molar-refractivity contribution in [2.45, 2.75) is 6.42 Å². The fraction of sp³-hybridized carbons (Fsp3) is 0.0270. The van der Waals surface area contributed by atoms with Gasteiger partial charge in [0, 0.05) is 38.3 Å². The molecule has 4 heteroatoms. The molecule has 200 valence electrons. The maximum absolute atomic E-state index is 5.93. The molecular formula is C37H28ClNO2. The molecule has 0 saturated heterocycles. The normalized spacial score (nSPS) is 10.8. The Bertz CT molecular complexity index is 2040. The molecule has 8 rings (SSSR count). The van der Waals surface area contributed by atoms with E-state index < -0.39 is 0 Å². The zero-order valence-corrected chi connectivity index (χ0v) is 23.1. The molecule has 2 aromatic heterocycles. The molecule has 0 fully saturated rings. The second-order valence-electron chi connectivity index (χ2n) is 9.74. The van der Waals surface area contributed by atoms with Gasteiger partial charge in [-0.15, -0.1) is 0 Å². The summed E-state index contributed by atoms with van der Waals surface area (Å²) in [5, 5.41) is 5.34. The van der Waals surface area contributed by atoms with E-state index in [0.717, 1.165) is 45.2 Å². The van der Waals surface area contributed by atoms with E-state index in [2.05, 4.69) is 60.7 Å². The number of rotatable bonds is 2. The predicted molar refractivity (Wildman–Crippen MR) is 173 cm³/mol. The van der Waals surface area contributed by atoms with Gasteiger partial charge in [-0.1, -0.05) is 109 Å². The van der Waals surface area contributed by atoms with Crippen LogP contribution in [-0.2, 0) is 6.42 Å². The van der Waals surface area contributed by atoms with Crippen molar-refractivity contribution in [3.05, 3.63) is 162 Å². The highest BCUT2D eigenvalue weighted by Gasteiger charge is 2.07. The first kappa shape index (κ1) is 26.2. The smallest absolute Gasteiger partial charge is 0.136 e. The Morgan fingerprint density at radius 2 is 0.927 bits per heavy atom. The number of anilines is 1. The maximum atomic E-state index is 5.93. The first-order valence-electron chi connectivity index (χ1n) is 13.5. The SMILES string of the molecule is Clc1ccc2c(c1)oc1ccccc12.Nc1ccccc1.c1ccc(Cc2ccc3c(c2)oc2ccccc23)cc1. The van der Waals surface area contributed by atoms with Crippen molar-refractivity contribution < 1.29 is 8.83 Å². The van der Waals surface area contributed by atoms with Gasteiger partial charge in [0.1, 0.15) is 22.3 Å². The van der Waals surface area contributed by atoms with Crippen molar-refractivity contribution in [3.8, 4) is 0 Å². The van der Waals surface area contributed by atoms with E-state index in [4.69, 9.17) is 26.2 Å². The van der Waals surface area contributed by atoms with Crippen molar-refractivity contribution in [2.75, 3.05) is 5.73 Å². The van der Waals surface area contributed by atoms with Crippen molar-refractivity contribution in [3.63, 3.8) is 0 Å². The molecule has 0 saturated carbocycles. The van der Waals surface area contributed by atoms with Crippen LogP contribution in [-0.4, -0.2) is 0 Å². The molecule has 0 radical (unpaired) electrons. The average molecular weight is 554 g/mol. The molecule has 6 aromatic carbocycles. The van der Waals surface area contributed by atoms with E-state index >= 15 is 0 Å². The molecule has 0 aliphatic heterocycles. The van der Waals surface area contributed by atoms with Gasteiger partial charge in [0.05, 0.1) is 0 Å². The number of furan rings is 2. The maximum Gasteiger partial charge on any atom is 0.136 e. The second-order valence-corrected chi connectivity index (χ2v) is 10.2. The molecule has 0 atom stereocenters. The van der Waals surface area contributed by atoms with Crippen LogP contribution in [0.15, 0.2) is 154 Å². The summed E-state index contributed by atoms with van der Waals surface area (Å²) in [6.07, 6.45) is 0.938. The second kappa shape index (κ2) is 12.0. The van der Waals surface area contributed by atoms with Crippen LogP contribution in [0.3, 0.4) is 0 Å². The Labute approximate surface area is 243 Å². The molecule has 2 heterocycles. The number of benzene rings is 6. The van der Waals surface area contributed by atoms with E-state index in [-0.39, 0.29) is 0 Å². The van der Waals surface area contributed by atoms with Gasteiger partial charge in [-0.2, -0.15) is 0 Å². The lowest BCUT2D eigenvalue weighted by Gasteiger charge is -2.01. The van der Waals surface area contributed by atoms with Crippen molar-refractivity contribution in [2.24, 2.45) is 0 Å². The standard InChI is InChI=1S/C19H14O.C12H7ClO.C6H7N/c1-2-6-14(7-3-1)12-15-10-11-17-16-8-4-5-9-18(16)20-19(17)13-15;13-8-5-6-10-9-3-1-2-4-11(9)14-12(10)7-8;7-6-4-2-1-3-5-6/h1-11,13H,12H2;1-7H;1-5H,7H2. The molecule has 0 spiro atoms. The van der Waals surface area contributed by atoms with Gasteiger partial charge in [0.2, 0.25) is 0 Å². The van der Waals surface area contributed by atoms with E-state index in [0.29, 0.717) is 5.02 Å². The summed E-state index contributed by atoms with van der Waals surface area (Å²) in [7, 11) is 0. The Kier molecular flexibility index (Phi) is 7.70. The summed E-state index contributed by atoms with van der Waals surface area (Å²) in [5.74, 6) is 0. The monoisotopic (exact) mass is 553 g/mol. The highest BCUT2D eigenvalue weighted by molar-refractivity contribution is 6.31. The van der Waals surface area contributed by atoms with E-state index in [1.54, 1.807) is 0 Å². The molecule has 0 bridgehead atoms. The summed E-state index contributed by atoms with van der Waals surface area (Å²) >= 11 is 5.89. The third-order valence-corrected chi connectivity index (χ3v) is 7.07. The third kappa shape index (κ3) is 6.11. The van der Waals surface area contributed by atoms with E-state index in [9.17, 15) is 0 Å². The molecular weight excluding hydrogens is 526 g/mol. The van der Waals surface area contributed by atoms with Crippen LogP contribution < -0.4 is 5.73 Å². The fourth-order valence-corrected chi connectivity index (χ4v) is 5.03. The van der Waals surface area contributed by atoms with Crippen molar-refractivity contribution in [1.82, 2.24) is 0 Å². The van der Waals surface area contributed by atoms with Crippen LogP contribution in [0.1, 0.15) is 11.1 Å². The number of halogens is 1. The average Bonchev–Trinajstić information content (AvgIpc) is 3.56. The lowest BCUT2D eigenvalue weighted by atomic mass is 10.0. The van der Waals surface area contributed by atoms with Gasteiger partial charge in [0.25, 0.3) is 0 Å². The minimum absolute atomic E-state index is 0.705. The molecule has 0 aliphatic carbocycles. The number of nitrogens with two attached hydrogens (primary N) is 1. The van der Waals surface area contributed by atoms with Crippen LogP contribution in [0.2, 0.25) is 5.02 Å². The molecule has 3 nitrogen and oxygen atoms in total. The lowest BCUT2D eigenvalue weighted by molar-refractivity contribution is 0.668. The van der Waals surface area contributed by atoms with Crippen LogP contribution >= 0.6 is 11.6 Å². The molecule has 0 amide bonds. The molecule has 0 aliphatic rings. The van der Waals surface area contributed by atoms with Crippen LogP contribution in [0.5, 0.6) is 0 Å². The number of para-hydroxylation sites is 3. The minimum Gasteiger partial charge on any atom is -0.456 e. The number of hydrogen-bond donors (Lipinski definition) is 1. The number of hydrogen-bond acceptors (Lipinski definition) is 3. The Balaban J connectivity index is 0.000000124. The van der Waals surface area contributed by atoms with Crippen LogP contribution in [0.25, 0.3) is 43.9 Å². The number of nitrogen functional groups attached to an aromatic ring is 1. The molecule has 0 unspecified atom stereocenters. The van der Waals surface area contributed by atoms with Crippen LogP contribution in [0.4, 0.5) is 5.69 Å². The van der Waals surface area contributed by atoms with E-state index in [1.807, 2.05) is 84.9 Å². The van der Waals surface area contributed by atoms with Gasteiger partial charge in [-0.3, -0.25) is 0 Å². The van der Waals surface area contributed by atoms with Gasteiger partial charge in [-0.25, -0.2) is 0 Å². The highest BCUT2D eigenvalue weighted by atomic mass is 35.5. The summed E-state index contributed by atoms with van der Waals surface area (Å²) in [4.78, 5) is 0.